The van der Waals surface area contributed by atoms with Gasteiger partial charge in [-0.05, 0) is 13.3 Å². The van der Waals surface area contributed by atoms with Crippen molar-refractivity contribution in [2.45, 2.75) is 39.3 Å². The van der Waals surface area contributed by atoms with Crippen molar-refractivity contribution < 1.29 is 9.32 Å². The van der Waals surface area contributed by atoms with E-state index in [9.17, 15) is 4.79 Å². The van der Waals surface area contributed by atoms with E-state index in [1.54, 1.807) is 23.3 Å². The van der Waals surface area contributed by atoms with Gasteiger partial charge in [0, 0.05) is 18.5 Å². The Kier molecular flexibility index (Phi) is 4.33. The summed E-state index contributed by atoms with van der Waals surface area (Å²) in [5.41, 5.74) is 0.925. The van der Waals surface area contributed by atoms with E-state index >= 15 is 0 Å². The molecule has 0 spiro atoms. The Balaban J connectivity index is 1.85. The molecule has 0 fully saturated rings. The van der Waals surface area contributed by atoms with Crippen molar-refractivity contribution in [3.8, 4) is 0 Å². The second kappa shape index (κ2) is 6.17. The highest BCUT2D eigenvalue weighted by molar-refractivity contribution is 5.79. The van der Waals surface area contributed by atoms with Crippen LogP contribution in [-0.2, 0) is 17.8 Å². The maximum Gasteiger partial charge on any atom is 0.243 e. The summed E-state index contributed by atoms with van der Waals surface area (Å²) in [6.45, 7) is 4.26. The van der Waals surface area contributed by atoms with Crippen molar-refractivity contribution in [2.24, 2.45) is 0 Å². The number of hydrogen-bond acceptors (Lipinski definition) is 4. The molecule has 0 aliphatic carbocycles. The first-order valence-corrected chi connectivity index (χ1v) is 6.40. The standard InChI is InChI=1S/C13H18N4O2/c1-3-4-11-7-12(19-16-11)8-15-13(18)10(2)17-6-5-14-9-17/h5-7,9-10H,3-4,8H2,1-2H3,(H,15,18). The summed E-state index contributed by atoms with van der Waals surface area (Å²) in [5, 5.41) is 6.76. The first-order chi connectivity index (χ1) is 9.20. The molecule has 6 heteroatoms. The molecule has 1 unspecified atom stereocenters. The second-order valence-corrected chi connectivity index (χ2v) is 4.44. The molecule has 0 saturated heterocycles. The fraction of sp³-hybridized carbons (Fsp3) is 0.462. The van der Waals surface area contributed by atoms with Crippen LogP contribution in [0.25, 0.3) is 0 Å². The number of amides is 1. The molecule has 0 aliphatic rings. The van der Waals surface area contributed by atoms with Gasteiger partial charge in [0.2, 0.25) is 5.91 Å². The molecular formula is C13H18N4O2. The first-order valence-electron chi connectivity index (χ1n) is 6.40. The van der Waals surface area contributed by atoms with E-state index in [2.05, 4.69) is 22.4 Å². The number of aromatic nitrogens is 3. The number of hydrogen-bond donors (Lipinski definition) is 1. The van der Waals surface area contributed by atoms with E-state index in [1.165, 1.54) is 0 Å². The van der Waals surface area contributed by atoms with Crippen LogP contribution in [0.3, 0.4) is 0 Å². The molecule has 0 bridgehead atoms. The fourth-order valence-electron chi connectivity index (χ4n) is 1.77. The molecule has 2 aromatic rings. The smallest absolute Gasteiger partial charge is 0.243 e. The highest BCUT2D eigenvalue weighted by Gasteiger charge is 2.14. The van der Waals surface area contributed by atoms with Crippen LogP contribution in [0.5, 0.6) is 0 Å². The zero-order valence-electron chi connectivity index (χ0n) is 11.2. The van der Waals surface area contributed by atoms with Gasteiger partial charge in [0.25, 0.3) is 0 Å². The summed E-state index contributed by atoms with van der Waals surface area (Å²) in [7, 11) is 0. The van der Waals surface area contributed by atoms with E-state index < -0.39 is 0 Å². The van der Waals surface area contributed by atoms with Gasteiger partial charge < -0.3 is 14.4 Å². The molecule has 0 radical (unpaired) electrons. The molecule has 1 atom stereocenters. The monoisotopic (exact) mass is 262 g/mol. The molecule has 6 nitrogen and oxygen atoms in total. The molecule has 19 heavy (non-hydrogen) atoms. The minimum atomic E-state index is -0.291. The Bertz CT molecular complexity index is 518. The number of imidazole rings is 1. The molecule has 2 heterocycles. The van der Waals surface area contributed by atoms with Crippen LogP contribution in [0.1, 0.15) is 37.8 Å². The second-order valence-electron chi connectivity index (χ2n) is 4.44. The number of carbonyl (C=O) groups excluding carboxylic acids is 1. The highest BCUT2D eigenvalue weighted by atomic mass is 16.5. The Morgan fingerprint density at radius 3 is 3.11 bits per heavy atom. The van der Waals surface area contributed by atoms with E-state index in [-0.39, 0.29) is 11.9 Å². The maximum absolute atomic E-state index is 11.9. The largest absolute Gasteiger partial charge is 0.359 e. The average molecular weight is 262 g/mol. The van der Waals surface area contributed by atoms with Crippen LogP contribution in [0.4, 0.5) is 0 Å². The Hall–Kier alpha value is -2.11. The molecule has 0 aliphatic heterocycles. The molecule has 0 aromatic carbocycles. The van der Waals surface area contributed by atoms with Gasteiger partial charge in [-0.15, -0.1) is 0 Å². The van der Waals surface area contributed by atoms with Gasteiger partial charge in [-0.3, -0.25) is 4.79 Å². The highest BCUT2D eigenvalue weighted by Crippen LogP contribution is 2.07. The van der Waals surface area contributed by atoms with E-state index in [4.69, 9.17) is 4.52 Å². The third-order valence-corrected chi connectivity index (χ3v) is 2.90. The van der Waals surface area contributed by atoms with Crippen LogP contribution < -0.4 is 5.32 Å². The zero-order valence-corrected chi connectivity index (χ0v) is 11.2. The van der Waals surface area contributed by atoms with Crippen molar-refractivity contribution in [3.05, 3.63) is 36.2 Å². The van der Waals surface area contributed by atoms with E-state index in [0.717, 1.165) is 18.5 Å². The molecular weight excluding hydrogens is 244 g/mol. The number of carbonyl (C=O) groups is 1. The van der Waals surface area contributed by atoms with E-state index in [1.807, 2.05) is 13.0 Å². The minimum Gasteiger partial charge on any atom is -0.359 e. The summed E-state index contributed by atoms with van der Waals surface area (Å²) in [4.78, 5) is 15.8. The van der Waals surface area contributed by atoms with Crippen LogP contribution in [0.15, 0.2) is 29.3 Å². The van der Waals surface area contributed by atoms with Crippen LogP contribution >= 0.6 is 0 Å². The molecule has 1 N–H and O–H groups in total. The lowest BCUT2D eigenvalue weighted by molar-refractivity contribution is -0.124. The van der Waals surface area contributed by atoms with Gasteiger partial charge in [-0.1, -0.05) is 18.5 Å². The quantitative estimate of drug-likeness (QED) is 0.860. The van der Waals surface area contributed by atoms with Crippen molar-refractivity contribution in [1.29, 1.82) is 0 Å². The summed E-state index contributed by atoms with van der Waals surface area (Å²) >= 11 is 0. The SMILES string of the molecule is CCCc1cc(CNC(=O)C(C)n2ccnc2)on1. The van der Waals surface area contributed by atoms with Crippen molar-refractivity contribution >= 4 is 5.91 Å². The maximum atomic E-state index is 11.9. The predicted octanol–water partition coefficient (Wildman–Crippen LogP) is 1.70. The Morgan fingerprint density at radius 2 is 2.42 bits per heavy atom. The van der Waals surface area contributed by atoms with Gasteiger partial charge in [0.05, 0.1) is 18.6 Å². The third-order valence-electron chi connectivity index (χ3n) is 2.90. The number of nitrogens with one attached hydrogen (secondary N) is 1. The van der Waals surface area contributed by atoms with Gasteiger partial charge >= 0.3 is 0 Å². The number of aryl methyl sites for hydroxylation is 1. The summed E-state index contributed by atoms with van der Waals surface area (Å²) < 4.78 is 6.90. The molecule has 2 aromatic heterocycles. The minimum absolute atomic E-state index is 0.0774. The average Bonchev–Trinajstić information content (AvgIpc) is 3.06. The Labute approximate surface area is 111 Å². The van der Waals surface area contributed by atoms with Gasteiger partial charge in [0.1, 0.15) is 6.04 Å². The van der Waals surface area contributed by atoms with Crippen molar-refractivity contribution in [3.63, 3.8) is 0 Å². The lowest BCUT2D eigenvalue weighted by Gasteiger charge is -2.12. The van der Waals surface area contributed by atoms with Gasteiger partial charge in [0.15, 0.2) is 5.76 Å². The third kappa shape index (κ3) is 3.43. The van der Waals surface area contributed by atoms with Crippen LogP contribution in [0, 0.1) is 0 Å². The zero-order chi connectivity index (χ0) is 13.7. The van der Waals surface area contributed by atoms with Crippen LogP contribution in [-0.4, -0.2) is 20.6 Å². The Morgan fingerprint density at radius 1 is 1.58 bits per heavy atom. The van der Waals surface area contributed by atoms with Gasteiger partial charge in [-0.2, -0.15) is 0 Å². The molecule has 2 rings (SSSR count). The predicted molar refractivity (Wildman–Crippen MR) is 69.3 cm³/mol. The fourth-order valence-corrected chi connectivity index (χ4v) is 1.77. The summed E-state index contributed by atoms with van der Waals surface area (Å²) in [5.74, 6) is 0.598. The van der Waals surface area contributed by atoms with Crippen molar-refractivity contribution in [2.75, 3.05) is 0 Å². The molecule has 102 valence electrons. The number of rotatable bonds is 6. The van der Waals surface area contributed by atoms with Crippen LogP contribution in [0.2, 0.25) is 0 Å². The molecule has 1 amide bonds. The van der Waals surface area contributed by atoms with E-state index in [0.29, 0.717) is 12.3 Å². The van der Waals surface area contributed by atoms with Gasteiger partial charge in [-0.25, -0.2) is 4.98 Å². The normalized spacial score (nSPS) is 12.3. The lowest BCUT2D eigenvalue weighted by atomic mass is 10.2. The topological polar surface area (TPSA) is 73.0 Å². The van der Waals surface area contributed by atoms with Crippen molar-refractivity contribution in [1.82, 2.24) is 20.0 Å². The first kappa shape index (κ1) is 13.3. The number of nitrogens with zero attached hydrogens (tertiary/aromatic N) is 3. The lowest BCUT2D eigenvalue weighted by Crippen LogP contribution is -2.30. The molecule has 0 saturated carbocycles. The summed E-state index contributed by atoms with van der Waals surface area (Å²) in [6.07, 6.45) is 6.95. The summed E-state index contributed by atoms with van der Waals surface area (Å²) in [6, 6.07) is 1.59.